The molecule has 5 fully saturated rings. The summed E-state index contributed by atoms with van der Waals surface area (Å²) in [4.78, 5) is 18.4. The second kappa shape index (κ2) is 10.7. The molecule has 7 rings (SSSR count). The Bertz CT molecular complexity index is 924. The molecule has 0 unspecified atom stereocenters. The fraction of sp³-hybridized carbons (Fsp3) is 0.594. The van der Waals surface area contributed by atoms with Gasteiger partial charge in [-0.2, -0.15) is 0 Å². The van der Waals surface area contributed by atoms with Gasteiger partial charge in [-0.25, -0.2) is 0 Å². The highest BCUT2D eigenvalue weighted by Gasteiger charge is 2.54. The zero-order chi connectivity index (χ0) is 24.4. The van der Waals surface area contributed by atoms with Gasteiger partial charge in [0.05, 0.1) is 6.04 Å². The van der Waals surface area contributed by atoms with Crippen LogP contribution in [0.15, 0.2) is 60.7 Å². The molecule has 2 aromatic rings. The van der Waals surface area contributed by atoms with Crippen LogP contribution in [0.1, 0.15) is 68.5 Å². The Labute approximate surface area is 217 Å². The lowest BCUT2D eigenvalue weighted by Crippen LogP contribution is -2.53. The first-order chi connectivity index (χ1) is 17.7. The van der Waals surface area contributed by atoms with E-state index >= 15 is 0 Å². The van der Waals surface area contributed by atoms with Crippen LogP contribution in [-0.2, 0) is 4.79 Å². The maximum atomic E-state index is 13.2. The Morgan fingerprint density at radius 3 is 1.83 bits per heavy atom. The summed E-state index contributed by atoms with van der Waals surface area (Å²) in [5.74, 6) is 2.90. The van der Waals surface area contributed by atoms with E-state index in [1.54, 1.807) is 0 Å². The van der Waals surface area contributed by atoms with Crippen molar-refractivity contribution in [1.29, 1.82) is 0 Å². The van der Waals surface area contributed by atoms with Crippen molar-refractivity contribution in [3.05, 3.63) is 71.8 Å². The van der Waals surface area contributed by atoms with Gasteiger partial charge in [-0.1, -0.05) is 60.7 Å². The van der Waals surface area contributed by atoms with E-state index in [1.165, 1.54) is 56.1 Å². The summed E-state index contributed by atoms with van der Waals surface area (Å²) >= 11 is 0. The number of carbonyl (C=O) groups excluding carboxylic acids is 1. The minimum absolute atomic E-state index is 0.000867. The molecule has 0 radical (unpaired) electrons. The van der Waals surface area contributed by atoms with Crippen LogP contribution in [0.2, 0.25) is 0 Å². The molecule has 36 heavy (non-hydrogen) atoms. The molecule has 0 spiro atoms. The average molecular weight is 486 g/mol. The predicted molar refractivity (Wildman–Crippen MR) is 146 cm³/mol. The summed E-state index contributed by atoms with van der Waals surface area (Å²) in [5, 5.41) is 3.37. The van der Waals surface area contributed by atoms with Crippen LogP contribution in [-0.4, -0.2) is 55.0 Å². The summed E-state index contributed by atoms with van der Waals surface area (Å²) in [7, 11) is 0. The molecule has 2 aromatic carbocycles. The number of hydrogen-bond donors (Lipinski definition) is 1. The minimum Gasteiger partial charge on any atom is -0.356 e. The predicted octanol–water partition coefficient (Wildman–Crippen LogP) is 5.51. The first kappa shape index (κ1) is 24.2. The highest BCUT2D eigenvalue weighted by Crippen LogP contribution is 2.60. The minimum atomic E-state index is -0.000867. The Morgan fingerprint density at radius 1 is 0.778 bits per heavy atom. The fourth-order valence-electron chi connectivity index (χ4n) is 8.37. The van der Waals surface area contributed by atoms with Crippen molar-refractivity contribution < 1.29 is 4.79 Å². The van der Waals surface area contributed by atoms with Crippen LogP contribution in [0.3, 0.4) is 0 Å². The third-order valence-electron chi connectivity index (χ3n) is 9.71. The van der Waals surface area contributed by atoms with E-state index in [0.717, 1.165) is 63.4 Å². The molecule has 4 heteroatoms. The molecule has 1 N–H and O–H groups in total. The molecule has 0 aromatic heterocycles. The van der Waals surface area contributed by atoms with Gasteiger partial charge < -0.3 is 10.2 Å². The summed E-state index contributed by atoms with van der Waals surface area (Å²) in [6.07, 6.45) is 9.97. The van der Waals surface area contributed by atoms with Gasteiger partial charge in [0.2, 0.25) is 5.91 Å². The van der Waals surface area contributed by atoms with Crippen molar-refractivity contribution in [2.75, 3.05) is 39.3 Å². The Kier molecular flexibility index (Phi) is 7.17. The number of benzene rings is 2. The monoisotopic (exact) mass is 485 g/mol. The van der Waals surface area contributed by atoms with Crippen molar-refractivity contribution in [2.45, 2.75) is 57.4 Å². The Balaban J connectivity index is 0.945. The first-order valence-electron chi connectivity index (χ1n) is 14.5. The molecule has 1 saturated heterocycles. The molecule has 1 amide bonds. The maximum Gasteiger partial charge on any atom is 0.226 e. The van der Waals surface area contributed by atoms with Crippen LogP contribution in [0, 0.1) is 23.2 Å². The third-order valence-corrected chi connectivity index (χ3v) is 9.71. The largest absolute Gasteiger partial charge is 0.356 e. The summed E-state index contributed by atoms with van der Waals surface area (Å²) in [6, 6.07) is 22.2. The van der Waals surface area contributed by atoms with Crippen LogP contribution >= 0.6 is 0 Å². The number of rotatable bonds is 9. The molecule has 1 heterocycles. The quantitative estimate of drug-likeness (QED) is 0.476. The van der Waals surface area contributed by atoms with Crippen LogP contribution in [0.25, 0.3) is 0 Å². The highest BCUT2D eigenvalue weighted by atomic mass is 16.2. The standard InChI is InChI=1S/C32H43N3O/c36-31(32-22-25-19-26(23-32)21-27(20-25)24-32)33-13-7-8-14-34-15-17-35(18-16-34)30(28-9-3-1-4-10-28)29-11-5-2-6-12-29/h1-6,9-12,25-27,30H,7-8,13-24H2,(H,33,36). The van der Waals surface area contributed by atoms with E-state index in [0.29, 0.717) is 11.9 Å². The number of hydrogen-bond acceptors (Lipinski definition) is 3. The SMILES string of the molecule is O=C(NCCCCN1CCN(C(c2ccccc2)c2ccccc2)CC1)C12CC3CC(CC(C3)C1)C2. The molecule has 4 nitrogen and oxygen atoms in total. The van der Waals surface area contributed by atoms with Gasteiger partial charge in [-0.05, 0) is 86.8 Å². The van der Waals surface area contributed by atoms with Crippen molar-refractivity contribution in [1.82, 2.24) is 15.1 Å². The van der Waals surface area contributed by atoms with Crippen molar-refractivity contribution >= 4 is 5.91 Å². The van der Waals surface area contributed by atoms with Crippen LogP contribution in [0.5, 0.6) is 0 Å². The third kappa shape index (κ3) is 5.13. The first-order valence-corrected chi connectivity index (χ1v) is 14.5. The lowest BCUT2D eigenvalue weighted by atomic mass is 9.49. The molecule has 4 bridgehead atoms. The summed E-state index contributed by atoms with van der Waals surface area (Å²) in [6.45, 7) is 6.42. The topological polar surface area (TPSA) is 35.6 Å². The molecule has 1 aliphatic heterocycles. The maximum absolute atomic E-state index is 13.2. The van der Waals surface area contributed by atoms with Crippen molar-refractivity contribution in [2.24, 2.45) is 23.2 Å². The summed E-state index contributed by atoms with van der Waals surface area (Å²) < 4.78 is 0. The molecular formula is C32H43N3O. The second-order valence-corrected chi connectivity index (χ2v) is 12.3. The fourth-order valence-corrected chi connectivity index (χ4v) is 8.37. The Hall–Kier alpha value is -2.17. The van der Waals surface area contributed by atoms with Crippen molar-refractivity contribution in [3.8, 4) is 0 Å². The normalized spacial score (nSPS) is 30.1. The number of piperazine rings is 1. The molecule has 4 aliphatic carbocycles. The number of carbonyl (C=O) groups is 1. The Morgan fingerprint density at radius 2 is 1.31 bits per heavy atom. The van der Waals surface area contributed by atoms with Gasteiger partial charge in [0, 0.05) is 38.1 Å². The second-order valence-electron chi connectivity index (χ2n) is 12.3. The van der Waals surface area contributed by atoms with Gasteiger partial charge in [-0.3, -0.25) is 9.69 Å². The van der Waals surface area contributed by atoms with Gasteiger partial charge >= 0.3 is 0 Å². The number of nitrogens with one attached hydrogen (secondary N) is 1. The zero-order valence-electron chi connectivity index (χ0n) is 21.8. The molecular weight excluding hydrogens is 442 g/mol. The van der Waals surface area contributed by atoms with Crippen LogP contribution < -0.4 is 5.32 Å². The van der Waals surface area contributed by atoms with E-state index in [1.807, 2.05) is 0 Å². The molecule has 0 atom stereocenters. The number of amides is 1. The zero-order valence-corrected chi connectivity index (χ0v) is 21.8. The van der Waals surface area contributed by atoms with E-state index in [-0.39, 0.29) is 5.41 Å². The lowest BCUT2D eigenvalue weighted by molar-refractivity contribution is -0.146. The van der Waals surface area contributed by atoms with E-state index in [2.05, 4.69) is 75.8 Å². The smallest absolute Gasteiger partial charge is 0.226 e. The van der Waals surface area contributed by atoms with Gasteiger partial charge in [-0.15, -0.1) is 0 Å². The van der Waals surface area contributed by atoms with Gasteiger partial charge in [0.1, 0.15) is 0 Å². The highest BCUT2D eigenvalue weighted by molar-refractivity contribution is 5.83. The number of nitrogens with zero attached hydrogens (tertiary/aromatic N) is 2. The molecule has 5 aliphatic rings. The van der Waals surface area contributed by atoms with E-state index < -0.39 is 0 Å². The summed E-state index contributed by atoms with van der Waals surface area (Å²) in [5.41, 5.74) is 2.76. The average Bonchev–Trinajstić information content (AvgIpc) is 2.90. The van der Waals surface area contributed by atoms with Gasteiger partial charge in [0.25, 0.3) is 0 Å². The lowest BCUT2D eigenvalue weighted by Gasteiger charge is -2.55. The van der Waals surface area contributed by atoms with Crippen LogP contribution in [0.4, 0.5) is 0 Å². The molecule has 4 saturated carbocycles. The van der Waals surface area contributed by atoms with E-state index in [4.69, 9.17) is 0 Å². The molecule has 192 valence electrons. The van der Waals surface area contributed by atoms with Gasteiger partial charge in [0.15, 0.2) is 0 Å². The van der Waals surface area contributed by atoms with Crippen molar-refractivity contribution in [3.63, 3.8) is 0 Å². The van der Waals surface area contributed by atoms with E-state index in [9.17, 15) is 4.79 Å². The number of unbranched alkanes of at least 4 members (excludes halogenated alkanes) is 1.